The number of hydrogen-bond acceptors (Lipinski definition) is 6. The molecule has 1 aromatic carbocycles. The van der Waals surface area contributed by atoms with Crippen LogP contribution in [0.25, 0.3) is 0 Å². The average molecular weight is 281 g/mol. The highest BCUT2D eigenvalue weighted by Gasteiger charge is 2.18. The monoisotopic (exact) mass is 281 g/mol. The Morgan fingerprint density at radius 1 is 1.16 bits per heavy atom. The fraction of sp³-hybridized carbons (Fsp3) is 0. The summed E-state index contributed by atoms with van der Waals surface area (Å²) in [5.74, 6) is -0.481. The van der Waals surface area contributed by atoms with E-state index in [0.717, 1.165) is 0 Å². The first kappa shape index (κ1) is 12.9. The zero-order valence-electron chi connectivity index (χ0n) is 9.62. The summed E-state index contributed by atoms with van der Waals surface area (Å²) in [6, 6.07) is 7.56. The van der Waals surface area contributed by atoms with E-state index in [1.165, 1.54) is 12.1 Å². The van der Waals surface area contributed by atoms with Gasteiger partial charge in [-0.15, -0.1) is 0 Å². The lowest BCUT2D eigenvalue weighted by molar-refractivity contribution is 0.601. The van der Waals surface area contributed by atoms with Gasteiger partial charge in [0.05, 0.1) is 4.90 Å². The number of nitrogens with two attached hydrogens (primary N) is 2. The smallest absolute Gasteiger partial charge is 0.278 e. The number of H-pyrrole nitrogens is 1. The van der Waals surface area contributed by atoms with Crippen LogP contribution in [0.15, 0.2) is 40.0 Å². The molecular formula is C10H11N5O3S. The Morgan fingerprint density at radius 2 is 1.79 bits per heavy atom. The van der Waals surface area contributed by atoms with Crippen molar-refractivity contribution in [1.82, 2.24) is 9.97 Å². The SMILES string of the molecule is Nc1nc(N)c(NS(=O)(=O)c2ccccc2)c(=O)[nH]1. The van der Waals surface area contributed by atoms with Crippen LogP contribution in [0.3, 0.4) is 0 Å². The predicted molar refractivity (Wildman–Crippen MR) is 70.9 cm³/mol. The maximum absolute atomic E-state index is 12.0. The Balaban J connectivity index is 2.45. The van der Waals surface area contributed by atoms with E-state index in [4.69, 9.17) is 11.5 Å². The lowest BCUT2D eigenvalue weighted by atomic mass is 10.4. The largest absolute Gasteiger partial charge is 0.382 e. The van der Waals surface area contributed by atoms with Gasteiger partial charge in [0.25, 0.3) is 15.6 Å². The molecule has 0 radical (unpaired) electrons. The number of anilines is 3. The Morgan fingerprint density at radius 3 is 2.37 bits per heavy atom. The molecule has 0 saturated carbocycles. The van der Waals surface area contributed by atoms with Gasteiger partial charge in [0.1, 0.15) is 0 Å². The molecule has 0 atom stereocenters. The third-order valence-corrected chi connectivity index (χ3v) is 3.62. The molecule has 0 fully saturated rings. The number of aromatic amines is 1. The van der Waals surface area contributed by atoms with E-state index in [2.05, 4.69) is 14.7 Å². The highest BCUT2D eigenvalue weighted by molar-refractivity contribution is 7.92. The van der Waals surface area contributed by atoms with Crippen molar-refractivity contribution in [3.8, 4) is 0 Å². The number of nitrogens with zero attached hydrogens (tertiary/aromatic N) is 1. The molecule has 100 valence electrons. The molecule has 8 nitrogen and oxygen atoms in total. The molecule has 19 heavy (non-hydrogen) atoms. The van der Waals surface area contributed by atoms with Crippen molar-refractivity contribution in [2.24, 2.45) is 0 Å². The van der Waals surface area contributed by atoms with Gasteiger partial charge in [-0.05, 0) is 12.1 Å². The predicted octanol–water partition coefficient (Wildman–Crippen LogP) is -0.265. The van der Waals surface area contributed by atoms with Crippen molar-refractivity contribution in [3.63, 3.8) is 0 Å². The van der Waals surface area contributed by atoms with E-state index >= 15 is 0 Å². The van der Waals surface area contributed by atoms with Crippen LogP contribution in [-0.4, -0.2) is 18.4 Å². The summed E-state index contributed by atoms with van der Waals surface area (Å²) in [6.07, 6.45) is 0. The standard InChI is InChI=1S/C10H11N5O3S/c11-8-7(9(16)14-10(12)13-8)15-19(17,18)6-4-2-1-3-5-6/h1-5,15H,(H5,11,12,13,14,16). The topological polar surface area (TPSA) is 144 Å². The summed E-state index contributed by atoms with van der Waals surface area (Å²) in [5.41, 5.74) is 9.63. The summed E-state index contributed by atoms with van der Waals surface area (Å²) in [7, 11) is -3.90. The van der Waals surface area contributed by atoms with Crippen molar-refractivity contribution in [1.29, 1.82) is 0 Å². The lowest BCUT2D eigenvalue weighted by Gasteiger charge is -2.09. The van der Waals surface area contributed by atoms with Crippen LogP contribution in [0.5, 0.6) is 0 Å². The minimum absolute atomic E-state index is 0.00521. The first-order valence-corrected chi connectivity index (χ1v) is 6.61. The lowest BCUT2D eigenvalue weighted by Crippen LogP contribution is -2.23. The fourth-order valence-electron chi connectivity index (χ4n) is 1.40. The van der Waals surface area contributed by atoms with Gasteiger partial charge < -0.3 is 11.5 Å². The normalized spacial score (nSPS) is 11.2. The summed E-state index contributed by atoms with van der Waals surface area (Å²) < 4.78 is 26.1. The molecule has 6 N–H and O–H groups in total. The van der Waals surface area contributed by atoms with Crippen LogP contribution in [0.1, 0.15) is 0 Å². The second kappa shape index (κ2) is 4.61. The molecule has 0 amide bonds. The Labute approximate surface area is 108 Å². The first-order chi connectivity index (χ1) is 8.90. The second-order valence-corrected chi connectivity index (χ2v) is 5.31. The number of nitrogens with one attached hydrogen (secondary N) is 2. The summed E-state index contributed by atoms with van der Waals surface area (Å²) in [4.78, 5) is 17.3. The average Bonchev–Trinajstić information content (AvgIpc) is 2.35. The van der Waals surface area contributed by atoms with Crippen LogP contribution in [-0.2, 0) is 10.0 Å². The van der Waals surface area contributed by atoms with Crippen molar-refractivity contribution in [3.05, 3.63) is 40.7 Å². The van der Waals surface area contributed by atoms with Gasteiger partial charge in [-0.25, -0.2) is 8.42 Å². The molecule has 0 saturated heterocycles. The summed E-state index contributed by atoms with van der Waals surface area (Å²) >= 11 is 0. The van der Waals surface area contributed by atoms with Gasteiger partial charge in [-0.3, -0.25) is 14.5 Å². The van der Waals surface area contributed by atoms with Crippen LogP contribution >= 0.6 is 0 Å². The minimum Gasteiger partial charge on any atom is -0.382 e. The van der Waals surface area contributed by atoms with Crippen molar-refractivity contribution < 1.29 is 8.42 Å². The Bertz CT molecular complexity index is 754. The van der Waals surface area contributed by atoms with E-state index in [9.17, 15) is 13.2 Å². The Kier molecular flexibility index (Phi) is 3.13. The van der Waals surface area contributed by atoms with Crippen LogP contribution in [0.4, 0.5) is 17.5 Å². The van der Waals surface area contributed by atoms with E-state index in [1.54, 1.807) is 18.2 Å². The highest BCUT2D eigenvalue weighted by Crippen LogP contribution is 2.16. The minimum atomic E-state index is -3.90. The fourth-order valence-corrected chi connectivity index (χ4v) is 2.50. The third kappa shape index (κ3) is 2.65. The van der Waals surface area contributed by atoms with Crippen molar-refractivity contribution in [2.75, 3.05) is 16.2 Å². The molecule has 0 spiro atoms. The van der Waals surface area contributed by atoms with E-state index in [1.807, 2.05) is 0 Å². The number of benzene rings is 1. The molecular weight excluding hydrogens is 270 g/mol. The molecule has 0 aliphatic heterocycles. The molecule has 9 heteroatoms. The van der Waals surface area contributed by atoms with Gasteiger partial charge >= 0.3 is 0 Å². The van der Waals surface area contributed by atoms with E-state index in [-0.39, 0.29) is 22.3 Å². The molecule has 1 aromatic heterocycles. The molecule has 0 bridgehead atoms. The molecule has 0 unspecified atom stereocenters. The van der Waals surface area contributed by atoms with Crippen LogP contribution in [0, 0.1) is 0 Å². The van der Waals surface area contributed by atoms with E-state index < -0.39 is 15.6 Å². The van der Waals surface area contributed by atoms with Crippen LogP contribution < -0.4 is 21.7 Å². The quantitative estimate of drug-likeness (QED) is 0.609. The summed E-state index contributed by atoms with van der Waals surface area (Å²) in [5, 5.41) is 0. The Hall–Kier alpha value is -2.55. The van der Waals surface area contributed by atoms with Gasteiger partial charge in [-0.1, -0.05) is 18.2 Å². The number of rotatable bonds is 3. The van der Waals surface area contributed by atoms with E-state index in [0.29, 0.717) is 0 Å². The maximum atomic E-state index is 12.0. The highest BCUT2D eigenvalue weighted by atomic mass is 32.2. The summed E-state index contributed by atoms with van der Waals surface area (Å²) in [6.45, 7) is 0. The molecule has 0 aliphatic carbocycles. The first-order valence-electron chi connectivity index (χ1n) is 5.13. The molecule has 0 aliphatic rings. The number of hydrogen-bond donors (Lipinski definition) is 4. The molecule has 2 aromatic rings. The van der Waals surface area contributed by atoms with Crippen LogP contribution in [0.2, 0.25) is 0 Å². The number of sulfonamides is 1. The zero-order chi connectivity index (χ0) is 14.0. The van der Waals surface area contributed by atoms with Gasteiger partial charge in [0.2, 0.25) is 5.95 Å². The van der Waals surface area contributed by atoms with Gasteiger partial charge in [0, 0.05) is 0 Å². The van der Waals surface area contributed by atoms with Crippen molar-refractivity contribution >= 4 is 27.5 Å². The molecule has 2 rings (SSSR count). The third-order valence-electron chi connectivity index (χ3n) is 2.26. The number of aromatic nitrogens is 2. The van der Waals surface area contributed by atoms with Gasteiger partial charge in [-0.2, -0.15) is 4.98 Å². The second-order valence-electron chi connectivity index (χ2n) is 3.63. The van der Waals surface area contributed by atoms with Gasteiger partial charge in [0.15, 0.2) is 11.5 Å². The zero-order valence-corrected chi connectivity index (χ0v) is 10.4. The van der Waals surface area contributed by atoms with Crippen molar-refractivity contribution in [2.45, 2.75) is 4.90 Å². The maximum Gasteiger partial charge on any atom is 0.278 e. The number of nitrogen functional groups attached to an aromatic ring is 2. The molecule has 1 heterocycles.